The largest absolute Gasteiger partial charge is 0.330 e. The van der Waals surface area contributed by atoms with E-state index in [-0.39, 0.29) is 5.56 Å². The Morgan fingerprint density at radius 2 is 1.86 bits per heavy atom. The molecule has 14 heavy (non-hydrogen) atoms. The summed E-state index contributed by atoms with van der Waals surface area (Å²) in [6, 6.07) is 5.44. The van der Waals surface area contributed by atoms with Crippen LogP contribution in [0.15, 0.2) is 24.3 Å². The Balaban J connectivity index is 3.02. The number of benzene rings is 1. The molecule has 0 unspecified atom stereocenters. The number of hydrogen-bond acceptors (Lipinski definition) is 2. The van der Waals surface area contributed by atoms with E-state index in [0.717, 1.165) is 12.5 Å². The van der Waals surface area contributed by atoms with Crippen molar-refractivity contribution in [3.8, 4) is 0 Å². The van der Waals surface area contributed by atoms with Crippen molar-refractivity contribution in [3.05, 3.63) is 35.4 Å². The molecule has 0 spiro atoms. The van der Waals surface area contributed by atoms with Gasteiger partial charge < -0.3 is 5.73 Å². The second kappa shape index (κ2) is 3.84. The summed E-state index contributed by atoms with van der Waals surface area (Å²) in [6.45, 7) is 1.17. The van der Waals surface area contributed by atoms with Crippen molar-refractivity contribution in [1.29, 1.82) is 0 Å². The molecular formula is C10H11F2NO. The van der Waals surface area contributed by atoms with Gasteiger partial charge in [0, 0.05) is 19.0 Å². The van der Waals surface area contributed by atoms with E-state index in [4.69, 9.17) is 5.73 Å². The van der Waals surface area contributed by atoms with Crippen molar-refractivity contribution in [1.82, 2.24) is 0 Å². The van der Waals surface area contributed by atoms with Crippen molar-refractivity contribution in [2.75, 3.05) is 0 Å². The summed E-state index contributed by atoms with van der Waals surface area (Å²) < 4.78 is 26.3. The van der Waals surface area contributed by atoms with Crippen molar-refractivity contribution >= 4 is 5.78 Å². The highest BCUT2D eigenvalue weighted by Gasteiger charge is 2.36. The van der Waals surface area contributed by atoms with Crippen molar-refractivity contribution in [2.45, 2.75) is 19.4 Å². The van der Waals surface area contributed by atoms with Crippen LogP contribution in [0.1, 0.15) is 18.1 Å². The van der Waals surface area contributed by atoms with Crippen LogP contribution in [0.25, 0.3) is 0 Å². The maximum Gasteiger partial charge on any atom is 0.330 e. The zero-order valence-electron chi connectivity index (χ0n) is 7.76. The summed E-state index contributed by atoms with van der Waals surface area (Å²) in [7, 11) is 0. The molecule has 0 atom stereocenters. The van der Waals surface area contributed by atoms with Crippen LogP contribution < -0.4 is 5.73 Å². The maximum atomic E-state index is 13.1. The van der Waals surface area contributed by atoms with E-state index in [9.17, 15) is 13.6 Å². The standard InChI is InChI=1S/C10H11F2NO/c1-7(14)10(11,12)9-4-2-8(6-13)3-5-9/h2-5H,6,13H2,1H3. The maximum absolute atomic E-state index is 13.1. The summed E-state index contributed by atoms with van der Waals surface area (Å²) >= 11 is 0. The first-order chi connectivity index (χ1) is 6.48. The van der Waals surface area contributed by atoms with E-state index in [0.29, 0.717) is 6.54 Å². The van der Waals surface area contributed by atoms with E-state index < -0.39 is 11.7 Å². The number of ketones is 1. The number of rotatable bonds is 3. The Bertz CT molecular complexity index is 332. The molecule has 0 heterocycles. The molecule has 1 aromatic carbocycles. The van der Waals surface area contributed by atoms with Gasteiger partial charge in [0.1, 0.15) is 0 Å². The number of Topliss-reactive ketones (excluding diaryl/α,β-unsaturated/α-hetero) is 1. The van der Waals surface area contributed by atoms with Crippen LogP contribution in [0.3, 0.4) is 0 Å². The van der Waals surface area contributed by atoms with Gasteiger partial charge in [-0.3, -0.25) is 4.79 Å². The molecule has 1 rings (SSSR count). The van der Waals surface area contributed by atoms with Crippen molar-refractivity contribution < 1.29 is 13.6 Å². The van der Waals surface area contributed by atoms with Gasteiger partial charge in [-0.05, 0) is 5.56 Å². The van der Waals surface area contributed by atoms with E-state index >= 15 is 0 Å². The lowest BCUT2D eigenvalue weighted by atomic mass is 10.0. The van der Waals surface area contributed by atoms with Crippen LogP contribution in [0.5, 0.6) is 0 Å². The third kappa shape index (κ3) is 1.96. The zero-order valence-corrected chi connectivity index (χ0v) is 7.76. The minimum Gasteiger partial charge on any atom is -0.326 e. The summed E-state index contributed by atoms with van der Waals surface area (Å²) in [6.07, 6.45) is 0. The van der Waals surface area contributed by atoms with Crippen molar-refractivity contribution in [3.63, 3.8) is 0 Å². The quantitative estimate of drug-likeness (QED) is 0.806. The summed E-state index contributed by atoms with van der Waals surface area (Å²) in [4.78, 5) is 10.6. The predicted octanol–water partition coefficient (Wildman–Crippen LogP) is 1.83. The van der Waals surface area contributed by atoms with E-state index in [1.165, 1.54) is 24.3 Å². The molecule has 4 heteroatoms. The molecule has 1 aromatic rings. The Morgan fingerprint density at radius 1 is 1.36 bits per heavy atom. The summed E-state index contributed by atoms with van der Waals surface area (Å²) in [5, 5.41) is 0. The van der Waals surface area contributed by atoms with Crippen LogP contribution in [-0.4, -0.2) is 5.78 Å². The Morgan fingerprint density at radius 3 is 2.21 bits per heavy atom. The fraction of sp³-hybridized carbons (Fsp3) is 0.300. The predicted molar refractivity (Wildman–Crippen MR) is 48.9 cm³/mol. The molecule has 0 aromatic heterocycles. The van der Waals surface area contributed by atoms with Crippen LogP contribution >= 0.6 is 0 Å². The zero-order chi connectivity index (χ0) is 10.8. The molecule has 0 aliphatic carbocycles. The average molecular weight is 199 g/mol. The lowest BCUT2D eigenvalue weighted by Gasteiger charge is -2.12. The number of carbonyl (C=O) groups excluding carboxylic acids is 1. The molecule has 0 radical (unpaired) electrons. The molecule has 0 aliphatic heterocycles. The highest BCUT2D eigenvalue weighted by Crippen LogP contribution is 2.28. The van der Waals surface area contributed by atoms with E-state index in [1.807, 2.05) is 0 Å². The molecule has 0 bridgehead atoms. The Hall–Kier alpha value is -1.29. The minimum absolute atomic E-state index is 0.290. The van der Waals surface area contributed by atoms with Gasteiger partial charge in [0.25, 0.3) is 0 Å². The number of carbonyl (C=O) groups is 1. The van der Waals surface area contributed by atoms with Gasteiger partial charge >= 0.3 is 5.92 Å². The van der Waals surface area contributed by atoms with Gasteiger partial charge in [-0.1, -0.05) is 24.3 Å². The van der Waals surface area contributed by atoms with Gasteiger partial charge in [0.2, 0.25) is 5.78 Å². The highest BCUT2D eigenvalue weighted by molar-refractivity contribution is 5.84. The second-order valence-electron chi connectivity index (χ2n) is 3.03. The van der Waals surface area contributed by atoms with E-state index in [2.05, 4.69) is 0 Å². The van der Waals surface area contributed by atoms with Gasteiger partial charge in [0.05, 0.1) is 0 Å². The first-order valence-electron chi connectivity index (χ1n) is 4.17. The molecule has 0 fully saturated rings. The topological polar surface area (TPSA) is 43.1 Å². The molecule has 0 amide bonds. The molecule has 76 valence electrons. The lowest BCUT2D eigenvalue weighted by Crippen LogP contribution is -2.22. The fourth-order valence-electron chi connectivity index (χ4n) is 1.05. The van der Waals surface area contributed by atoms with Gasteiger partial charge in [0.15, 0.2) is 0 Å². The van der Waals surface area contributed by atoms with Crippen molar-refractivity contribution in [2.24, 2.45) is 5.73 Å². The molecule has 0 saturated heterocycles. The normalized spacial score (nSPS) is 11.4. The average Bonchev–Trinajstić information content (AvgIpc) is 2.17. The first-order valence-corrected chi connectivity index (χ1v) is 4.17. The molecule has 0 saturated carbocycles. The third-order valence-corrected chi connectivity index (χ3v) is 1.99. The molecule has 2 N–H and O–H groups in total. The van der Waals surface area contributed by atoms with Crippen LogP contribution in [-0.2, 0) is 17.3 Å². The molecular weight excluding hydrogens is 188 g/mol. The highest BCUT2D eigenvalue weighted by atomic mass is 19.3. The van der Waals surface area contributed by atoms with Crippen LogP contribution in [0.4, 0.5) is 8.78 Å². The Labute approximate surface area is 80.7 Å². The van der Waals surface area contributed by atoms with Gasteiger partial charge in [-0.15, -0.1) is 0 Å². The molecule has 0 aliphatic rings. The number of nitrogens with two attached hydrogens (primary N) is 1. The SMILES string of the molecule is CC(=O)C(F)(F)c1ccc(CN)cc1. The van der Waals surface area contributed by atoms with Gasteiger partial charge in [-0.25, -0.2) is 0 Å². The van der Waals surface area contributed by atoms with Crippen LogP contribution in [0, 0.1) is 0 Å². The summed E-state index contributed by atoms with van der Waals surface area (Å²) in [5.41, 5.74) is 5.78. The number of alkyl halides is 2. The monoisotopic (exact) mass is 199 g/mol. The minimum atomic E-state index is -3.40. The number of hydrogen-bond donors (Lipinski definition) is 1. The van der Waals surface area contributed by atoms with Gasteiger partial charge in [-0.2, -0.15) is 8.78 Å². The lowest BCUT2D eigenvalue weighted by molar-refractivity contribution is -0.141. The number of halogens is 2. The molecule has 2 nitrogen and oxygen atoms in total. The smallest absolute Gasteiger partial charge is 0.326 e. The second-order valence-corrected chi connectivity index (χ2v) is 3.03. The van der Waals surface area contributed by atoms with E-state index in [1.54, 1.807) is 0 Å². The summed E-state index contributed by atoms with van der Waals surface area (Å²) in [5.74, 6) is -4.55. The third-order valence-electron chi connectivity index (χ3n) is 1.99. The Kier molecular flexibility index (Phi) is 2.96. The first kappa shape index (κ1) is 10.8. The fourth-order valence-corrected chi connectivity index (χ4v) is 1.05. The van der Waals surface area contributed by atoms with Crippen LogP contribution in [0.2, 0.25) is 0 Å².